The van der Waals surface area contributed by atoms with Crippen LogP contribution in [0, 0.1) is 0 Å². The first kappa shape index (κ1) is 16.5. The van der Waals surface area contributed by atoms with Gasteiger partial charge in [0.25, 0.3) is 0 Å². The molecular formula is C18H18N2O3. The molecule has 0 radical (unpaired) electrons. The van der Waals surface area contributed by atoms with Crippen LogP contribution in [-0.4, -0.2) is 23.8 Å². The largest absolute Gasteiger partial charge is 0.465 e. The van der Waals surface area contributed by atoms with Crippen molar-refractivity contribution in [1.29, 1.82) is 0 Å². The van der Waals surface area contributed by atoms with Crippen molar-refractivity contribution < 1.29 is 14.7 Å². The first-order chi connectivity index (χ1) is 11.1. The van der Waals surface area contributed by atoms with Gasteiger partial charge in [-0.25, -0.2) is 9.59 Å². The van der Waals surface area contributed by atoms with E-state index in [0.717, 1.165) is 0 Å². The van der Waals surface area contributed by atoms with Gasteiger partial charge in [-0.15, -0.1) is 0 Å². The summed E-state index contributed by atoms with van der Waals surface area (Å²) in [4.78, 5) is 23.4. The van der Waals surface area contributed by atoms with E-state index in [1.54, 1.807) is 13.0 Å². The van der Waals surface area contributed by atoms with Crippen molar-refractivity contribution in [1.82, 2.24) is 5.32 Å². The lowest BCUT2D eigenvalue weighted by molar-refractivity contribution is 0.195. The number of aliphatic imine (C=N–C) groups is 1. The topological polar surface area (TPSA) is 78.8 Å². The highest BCUT2D eigenvalue weighted by molar-refractivity contribution is 5.80. The molecule has 1 amide bonds. The summed E-state index contributed by atoms with van der Waals surface area (Å²) >= 11 is 0. The third-order valence-corrected chi connectivity index (χ3v) is 3.72. The van der Waals surface area contributed by atoms with E-state index in [0.29, 0.717) is 18.2 Å². The summed E-state index contributed by atoms with van der Waals surface area (Å²) in [5.41, 5.74) is 5.80. The van der Waals surface area contributed by atoms with Gasteiger partial charge in [-0.3, -0.25) is 0 Å². The van der Waals surface area contributed by atoms with Gasteiger partial charge in [-0.2, -0.15) is 4.99 Å². The minimum Gasteiger partial charge on any atom is -0.465 e. The number of hydrogen-bond acceptors (Lipinski definition) is 3. The van der Waals surface area contributed by atoms with E-state index in [1.807, 2.05) is 18.2 Å². The molecule has 1 atom stereocenters. The molecule has 3 rings (SSSR count). The third kappa shape index (κ3) is 3.65. The van der Waals surface area contributed by atoms with E-state index in [4.69, 9.17) is 5.11 Å². The van der Waals surface area contributed by atoms with Crippen molar-refractivity contribution in [2.24, 2.45) is 4.99 Å². The van der Waals surface area contributed by atoms with Crippen molar-refractivity contribution in [3.8, 4) is 11.1 Å². The average Bonchev–Trinajstić information content (AvgIpc) is 2.82. The number of carbonyl (C=O) groups is 1. The number of rotatable bonds is 2. The molecular weight excluding hydrogens is 292 g/mol. The zero-order valence-corrected chi connectivity index (χ0v) is 13.0. The minimum atomic E-state index is -0.961. The predicted molar refractivity (Wildman–Crippen MR) is 88.9 cm³/mol. The van der Waals surface area contributed by atoms with Gasteiger partial charge in [0.05, 0.1) is 5.69 Å². The van der Waals surface area contributed by atoms with Crippen LogP contribution in [-0.2, 0) is 4.79 Å². The van der Waals surface area contributed by atoms with E-state index in [-0.39, 0.29) is 0 Å². The van der Waals surface area contributed by atoms with Crippen LogP contribution in [0.15, 0.2) is 47.5 Å². The maximum Gasteiger partial charge on any atom is 0.404 e. The molecule has 2 aromatic carbocycles. The van der Waals surface area contributed by atoms with Crippen LogP contribution in [0.1, 0.15) is 30.9 Å². The van der Waals surface area contributed by atoms with Gasteiger partial charge in [-0.1, -0.05) is 37.3 Å². The quantitative estimate of drug-likeness (QED) is 0.648. The molecule has 23 heavy (non-hydrogen) atoms. The average molecular weight is 310 g/mol. The Hall–Kier alpha value is -2.91. The second-order valence-corrected chi connectivity index (χ2v) is 5.12. The fraction of sp³-hybridized carbons (Fsp3) is 0.222. The Morgan fingerprint density at radius 3 is 2.52 bits per heavy atom. The summed E-state index contributed by atoms with van der Waals surface area (Å²) in [6.45, 7) is 4.39. The number of benzene rings is 2. The molecule has 0 heterocycles. The molecule has 118 valence electrons. The van der Waals surface area contributed by atoms with Gasteiger partial charge < -0.3 is 10.4 Å². The summed E-state index contributed by atoms with van der Waals surface area (Å²) in [6.07, 6.45) is 0.626. The first-order valence-corrected chi connectivity index (χ1v) is 7.36. The third-order valence-electron chi connectivity index (χ3n) is 3.72. The van der Waals surface area contributed by atoms with Crippen molar-refractivity contribution >= 4 is 17.9 Å². The normalized spacial score (nSPS) is 13.7. The van der Waals surface area contributed by atoms with Crippen LogP contribution in [0.5, 0.6) is 0 Å². The zero-order valence-electron chi connectivity index (χ0n) is 13.0. The molecule has 0 saturated carbocycles. The van der Waals surface area contributed by atoms with E-state index in [1.165, 1.54) is 22.3 Å². The molecule has 1 aliphatic carbocycles. The summed E-state index contributed by atoms with van der Waals surface area (Å²) < 4.78 is 0. The van der Waals surface area contributed by atoms with Crippen molar-refractivity contribution in [3.05, 3.63) is 53.6 Å². The van der Waals surface area contributed by atoms with Crippen LogP contribution in [0.4, 0.5) is 10.5 Å². The fourth-order valence-electron chi connectivity index (χ4n) is 2.71. The Morgan fingerprint density at radius 1 is 1.22 bits per heavy atom. The van der Waals surface area contributed by atoms with E-state index < -0.39 is 6.09 Å². The summed E-state index contributed by atoms with van der Waals surface area (Å²) in [5.74, 6) is 0.364. The molecule has 1 aliphatic rings. The number of nitrogens with one attached hydrogen (secondary N) is 1. The summed E-state index contributed by atoms with van der Waals surface area (Å²) in [7, 11) is 0. The highest BCUT2D eigenvalue weighted by Crippen LogP contribution is 2.45. The molecule has 0 saturated heterocycles. The number of isocyanates is 1. The second kappa shape index (κ2) is 7.38. The number of fused-ring (bicyclic) bond motifs is 3. The Balaban J connectivity index is 0.000000277. The molecule has 0 aromatic heterocycles. The van der Waals surface area contributed by atoms with Gasteiger partial charge in [-0.05, 0) is 41.3 Å². The van der Waals surface area contributed by atoms with Crippen molar-refractivity contribution in [2.45, 2.75) is 19.8 Å². The van der Waals surface area contributed by atoms with Crippen LogP contribution >= 0.6 is 0 Å². The van der Waals surface area contributed by atoms with Crippen molar-refractivity contribution in [3.63, 3.8) is 0 Å². The predicted octanol–water partition coefficient (Wildman–Crippen LogP) is 4.06. The van der Waals surface area contributed by atoms with Crippen LogP contribution in [0.25, 0.3) is 11.1 Å². The molecule has 5 nitrogen and oxygen atoms in total. The molecule has 0 fully saturated rings. The zero-order chi connectivity index (χ0) is 16.8. The monoisotopic (exact) mass is 310 g/mol. The van der Waals surface area contributed by atoms with E-state index in [9.17, 15) is 9.59 Å². The smallest absolute Gasteiger partial charge is 0.404 e. The molecule has 0 spiro atoms. The lowest BCUT2D eigenvalue weighted by Gasteiger charge is -2.05. The summed E-state index contributed by atoms with van der Waals surface area (Å²) in [5, 5.41) is 9.93. The Kier molecular flexibility index (Phi) is 5.28. The van der Waals surface area contributed by atoms with Gasteiger partial charge in [0, 0.05) is 12.5 Å². The SMILES string of the molecule is CC1c2ccccc2-c2ccc(N=C=O)cc21.CCNC(=O)O. The van der Waals surface area contributed by atoms with Crippen LogP contribution in [0.2, 0.25) is 0 Å². The van der Waals surface area contributed by atoms with Gasteiger partial charge in [0.1, 0.15) is 0 Å². The second-order valence-electron chi connectivity index (χ2n) is 5.12. The first-order valence-electron chi connectivity index (χ1n) is 7.36. The number of hydrogen-bond donors (Lipinski definition) is 2. The molecule has 5 heteroatoms. The number of amides is 1. The summed E-state index contributed by atoms with van der Waals surface area (Å²) in [6, 6.07) is 14.3. The molecule has 2 aromatic rings. The van der Waals surface area contributed by atoms with E-state index in [2.05, 4.69) is 41.5 Å². The number of carbonyl (C=O) groups excluding carboxylic acids is 1. The highest BCUT2D eigenvalue weighted by Gasteiger charge is 2.24. The Bertz CT molecular complexity index is 765. The maximum absolute atomic E-state index is 10.3. The molecule has 1 unspecified atom stereocenters. The lowest BCUT2D eigenvalue weighted by atomic mass is 9.99. The standard InChI is InChI=1S/C15H11NO.C3H7NO2/c1-10-12-4-2-3-5-13(12)14-7-6-11(16-9-17)8-15(10)14;1-2-4-3(5)6/h2-8,10H,1H3;4H,2H2,1H3,(H,5,6). The molecule has 0 aliphatic heterocycles. The van der Waals surface area contributed by atoms with Crippen LogP contribution < -0.4 is 5.32 Å². The Labute approximate surface area is 134 Å². The fourth-order valence-corrected chi connectivity index (χ4v) is 2.71. The number of carboxylic acid groups (broad SMARTS) is 1. The van der Waals surface area contributed by atoms with Gasteiger partial charge >= 0.3 is 6.09 Å². The minimum absolute atomic E-state index is 0.364. The molecule has 0 bridgehead atoms. The Morgan fingerprint density at radius 2 is 1.91 bits per heavy atom. The van der Waals surface area contributed by atoms with Crippen LogP contribution in [0.3, 0.4) is 0 Å². The van der Waals surface area contributed by atoms with Gasteiger partial charge in [0.2, 0.25) is 6.08 Å². The highest BCUT2D eigenvalue weighted by atomic mass is 16.4. The van der Waals surface area contributed by atoms with E-state index >= 15 is 0 Å². The lowest BCUT2D eigenvalue weighted by Crippen LogP contribution is -2.19. The van der Waals surface area contributed by atoms with Crippen molar-refractivity contribution in [2.75, 3.05) is 6.54 Å². The molecule has 2 N–H and O–H groups in total. The maximum atomic E-state index is 10.3. The number of nitrogens with zero attached hydrogens (tertiary/aromatic N) is 1. The van der Waals surface area contributed by atoms with Gasteiger partial charge in [0.15, 0.2) is 0 Å².